The van der Waals surface area contributed by atoms with Crippen molar-refractivity contribution in [3.05, 3.63) is 90.8 Å². The zero-order valence-corrected chi connectivity index (χ0v) is 18.9. The van der Waals surface area contributed by atoms with Gasteiger partial charge in [0.15, 0.2) is 15.6 Å². The third kappa shape index (κ3) is 7.41. The van der Waals surface area contributed by atoms with Gasteiger partial charge in [-0.05, 0) is 42.6 Å². The number of hydrogen-bond donors (Lipinski definition) is 1. The Morgan fingerprint density at radius 1 is 0.966 bits per heavy atom. The Morgan fingerprint density at radius 3 is 2.07 bits per heavy atom. The number of allylic oxidation sites excluding steroid dienone is 2. The predicted molar refractivity (Wildman–Crippen MR) is 107 cm³/mol. The first-order valence-corrected chi connectivity index (χ1v) is 9.90. The molecule has 0 bridgehead atoms. The first-order chi connectivity index (χ1) is 13.3. The van der Waals surface area contributed by atoms with Gasteiger partial charge in [-0.2, -0.15) is 0 Å². The SMILES string of the molecule is CC(=O)/C=C(/C)O.O=S(=O)(c1c[c-]c(-c2ccccn2)cc1)c1ccccc1.[Pt]. The number of nitrogens with zero attached hydrogens (tertiary/aromatic N) is 1. The van der Waals surface area contributed by atoms with E-state index < -0.39 is 9.84 Å². The number of hydrogen-bond acceptors (Lipinski definition) is 5. The maximum atomic E-state index is 12.4. The number of pyridine rings is 1. The van der Waals surface area contributed by atoms with Crippen molar-refractivity contribution < 1.29 is 39.4 Å². The van der Waals surface area contributed by atoms with E-state index in [-0.39, 0.29) is 42.4 Å². The van der Waals surface area contributed by atoms with E-state index in [1.165, 1.54) is 26.0 Å². The second-order valence-electron chi connectivity index (χ2n) is 5.87. The molecule has 1 heterocycles. The smallest absolute Gasteiger partial charge is 0.172 e. The number of ketones is 1. The Morgan fingerprint density at radius 2 is 1.62 bits per heavy atom. The number of aliphatic hydroxyl groups is 1. The van der Waals surface area contributed by atoms with E-state index in [2.05, 4.69) is 11.1 Å². The topological polar surface area (TPSA) is 84.3 Å². The van der Waals surface area contributed by atoms with Crippen LogP contribution in [0.1, 0.15) is 13.8 Å². The largest absolute Gasteiger partial charge is 0.512 e. The average Bonchev–Trinajstić information content (AvgIpc) is 2.69. The van der Waals surface area contributed by atoms with Crippen molar-refractivity contribution in [3.63, 3.8) is 0 Å². The normalized spacial score (nSPS) is 10.9. The number of carbonyl (C=O) groups is 1. The van der Waals surface area contributed by atoms with E-state index in [4.69, 9.17) is 5.11 Å². The molecule has 3 aromatic rings. The summed E-state index contributed by atoms with van der Waals surface area (Å²) in [4.78, 5) is 14.7. The average molecular weight is 590 g/mol. The minimum Gasteiger partial charge on any atom is -0.512 e. The Balaban J connectivity index is 0.000000456. The molecule has 2 aromatic carbocycles. The molecule has 0 unspecified atom stereocenters. The van der Waals surface area contributed by atoms with Gasteiger partial charge in [-0.1, -0.05) is 30.3 Å². The number of aromatic nitrogens is 1. The molecule has 0 aliphatic rings. The molecule has 0 saturated heterocycles. The van der Waals surface area contributed by atoms with E-state index in [1.54, 1.807) is 48.7 Å². The van der Waals surface area contributed by atoms with Gasteiger partial charge in [-0.3, -0.25) is 4.79 Å². The molecule has 0 atom stereocenters. The van der Waals surface area contributed by atoms with Crippen molar-refractivity contribution in [2.75, 3.05) is 0 Å². The summed E-state index contributed by atoms with van der Waals surface area (Å²) in [5.41, 5.74) is 1.53. The molecule has 0 saturated carbocycles. The molecule has 0 radical (unpaired) electrons. The summed E-state index contributed by atoms with van der Waals surface area (Å²) in [5, 5.41) is 8.36. The van der Waals surface area contributed by atoms with Gasteiger partial charge in [0, 0.05) is 33.3 Å². The molecule has 3 rings (SSSR count). The molecule has 154 valence electrons. The van der Waals surface area contributed by atoms with Crippen LogP contribution in [0, 0.1) is 6.07 Å². The van der Waals surface area contributed by atoms with Crippen LogP contribution < -0.4 is 0 Å². The van der Waals surface area contributed by atoms with E-state index in [9.17, 15) is 13.2 Å². The van der Waals surface area contributed by atoms with Crippen molar-refractivity contribution in [1.29, 1.82) is 0 Å². The third-order valence-electron chi connectivity index (χ3n) is 3.50. The van der Waals surface area contributed by atoms with E-state index in [1.807, 2.05) is 18.2 Å². The number of benzene rings is 2. The molecule has 29 heavy (non-hydrogen) atoms. The van der Waals surface area contributed by atoms with Crippen LogP contribution in [0.15, 0.2) is 94.6 Å². The number of sulfone groups is 1. The number of aliphatic hydroxyl groups excluding tert-OH is 1. The molecule has 5 nitrogen and oxygen atoms in total. The second kappa shape index (κ2) is 11.4. The zero-order valence-electron chi connectivity index (χ0n) is 15.8. The van der Waals surface area contributed by atoms with Crippen LogP contribution in [0.4, 0.5) is 0 Å². The van der Waals surface area contributed by atoms with Crippen molar-refractivity contribution in [2.45, 2.75) is 23.6 Å². The third-order valence-corrected chi connectivity index (χ3v) is 5.27. The van der Waals surface area contributed by atoms with Crippen LogP contribution in [-0.4, -0.2) is 24.3 Å². The Kier molecular flexibility index (Phi) is 9.66. The molecule has 0 spiro atoms. The van der Waals surface area contributed by atoms with Gasteiger partial charge < -0.3 is 10.1 Å². The molecule has 1 aromatic heterocycles. The second-order valence-corrected chi connectivity index (χ2v) is 7.82. The molecule has 0 fully saturated rings. The van der Waals surface area contributed by atoms with Crippen LogP contribution in [-0.2, 0) is 35.7 Å². The van der Waals surface area contributed by atoms with Crippen LogP contribution >= 0.6 is 0 Å². The number of rotatable bonds is 4. The summed E-state index contributed by atoms with van der Waals surface area (Å²) in [6.45, 7) is 2.85. The monoisotopic (exact) mass is 589 g/mol. The fraction of sp³-hybridized carbons (Fsp3) is 0.0909. The summed E-state index contributed by atoms with van der Waals surface area (Å²) >= 11 is 0. The van der Waals surface area contributed by atoms with Crippen molar-refractivity contribution in [1.82, 2.24) is 4.98 Å². The van der Waals surface area contributed by atoms with Crippen molar-refractivity contribution >= 4 is 15.6 Å². The van der Waals surface area contributed by atoms with E-state index in [0.717, 1.165) is 11.3 Å². The molecule has 0 aliphatic heterocycles. The fourth-order valence-electron chi connectivity index (χ4n) is 2.29. The molecular formula is C22H20NO4PtS-. The van der Waals surface area contributed by atoms with Gasteiger partial charge in [0.1, 0.15) is 0 Å². The van der Waals surface area contributed by atoms with Crippen LogP contribution in [0.25, 0.3) is 11.3 Å². The van der Waals surface area contributed by atoms with Crippen LogP contribution in [0.5, 0.6) is 0 Å². The summed E-state index contributed by atoms with van der Waals surface area (Å²) < 4.78 is 24.9. The van der Waals surface area contributed by atoms with Gasteiger partial charge in [0.25, 0.3) is 0 Å². The van der Waals surface area contributed by atoms with E-state index in [0.29, 0.717) is 0 Å². The van der Waals surface area contributed by atoms with Crippen molar-refractivity contribution in [2.24, 2.45) is 0 Å². The van der Waals surface area contributed by atoms with Gasteiger partial charge in [0.05, 0.1) is 10.7 Å². The Bertz CT molecular complexity index is 1040. The summed E-state index contributed by atoms with van der Waals surface area (Å²) in [7, 11) is -3.49. The first-order valence-electron chi connectivity index (χ1n) is 8.42. The summed E-state index contributed by atoms with van der Waals surface area (Å²) in [6, 6.07) is 21.7. The van der Waals surface area contributed by atoms with Gasteiger partial charge in [-0.15, -0.1) is 29.8 Å². The zero-order chi connectivity index (χ0) is 20.6. The molecule has 1 N–H and O–H groups in total. The Hall–Kier alpha value is -2.56. The number of carbonyl (C=O) groups excluding carboxylic acids is 1. The molecule has 0 amide bonds. The minimum atomic E-state index is -3.49. The molecule has 7 heteroatoms. The quantitative estimate of drug-likeness (QED) is 0.277. The Labute approximate surface area is 185 Å². The van der Waals surface area contributed by atoms with Gasteiger partial charge >= 0.3 is 0 Å². The molecule has 0 aliphatic carbocycles. The van der Waals surface area contributed by atoms with E-state index >= 15 is 0 Å². The predicted octanol–water partition coefficient (Wildman–Crippen LogP) is 4.42. The molecular weight excluding hydrogens is 569 g/mol. The van der Waals surface area contributed by atoms with Gasteiger partial charge in [0.2, 0.25) is 0 Å². The maximum absolute atomic E-state index is 12.4. The maximum Gasteiger partial charge on any atom is 0.172 e. The first kappa shape index (κ1) is 24.5. The summed E-state index contributed by atoms with van der Waals surface area (Å²) in [6.07, 6.45) is 2.86. The van der Waals surface area contributed by atoms with Gasteiger partial charge in [-0.25, -0.2) is 8.42 Å². The summed E-state index contributed by atoms with van der Waals surface area (Å²) in [5.74, 6) is -0.0625. The minimum absolute atomic E-state index is 0. The standard InChI is InChI=1S/C17H12NO2S.C5H8O2.Pt/c19-21(20,15-6-2-1-3-7-15)16-11-9-14(10-12-16)17-8-4-5-13-18-17;1-4(6)3-5(2)7;/h1-9,11-13H;3,6H,1-2H3;/q-1;;/b;4-3-;. The fourth-order valence-corrected chi connectivity index (χ4v) is 3.54. The van der Waals surface area contributed by atoms with Crippen molar-refractivity contribution in [3.8, 4) is 11.3 Å². The van der Waals surface area contributed by atoms with Crippen LogP contribution in [0.3, 0.4) is 0 Å². The van der Waals surface area contributed by atoms with Crippen LogP contribution in [0.2, 0.25) is 0 Å².